The first-order valence-corrected chi connectivity index (χ1v) is 13.8. The lowest BCUT2D eigenvalue weighted by molar-refractivity contribution is 0.103. The molecule has 7 nitrogen and oxygen atoms in total. The smallest absolute Gasteiger partial charge is 0.304 e. The van der Waals surface area contributed by atoms with Crippen molar-refractivity contribution < 1.29 is 26.8 Å². The van der Waals surface area contributed by atoms with E-state index in [1.54, 1.807) is 70.2 Å². The van der Waals surface area contributed by atoms with Crippen LogP contribution in [0.15, 0.2) is 70.1 Å². The van der Waals surface area contributed by atoms with Crippen molar-refractivity contribution in [3.05, 3.63) is 76.3 Å². The number of halogens is 1. The largest absolute Gasteiger partial charge is 0.360 e. The lowest BCUT2D eigenvalue weighted by Gasteiger charge is -2.41. The van der Waals surface area contributed by atoms with Crippen LogP contribution in [0.25, 0.3) is 0 Å². The number of hydrogen-bond acceptors (Lipinski definition) is 6. The fourth-order valence-electron chi connectivity index (χ4n) is 3.45. The zero-order valence-corrected chi connectivity index (χ0v) is 21.4. The maximum atomic E-state index is 14.5. The Bertz CT molecular complexity index is 1180. The van der Waals surface area contributed by atoms with Crippen LogP contribution in [-0.4, -0.2) is 26.4 Å². The number of Topliss-reactive ketones (excluding diaryl/α,β-unsaturated/α-hetero) is 1. The molecule has 1 aliphatic rings. The Morgan fingerprint density at radius 1 is 0.938 bits per heavy atom. The summed E-state index contributed by atoms with van der Waals surface area (Å²) in [6, 6.07) is 14.1. The average Bonchev–Trinajstić information content (AvgIpc) is 2.71. The minimum Gasteiger partial charge on any atom is -0.304 e. The molecule has 0 aliphatic heterocycles. The van der Waals surface area contributed by atoms with Crippen LogP contribution < -0.4 is 4.72 Å². The van der Waals surface area contributed by atoms with Gasteiger partial charge in [0.05, 0.1) is 21.6 Å². The number of sulfonamides is 1. The fourth-order valence-corrected chi connectivity index (χ4v) is 8.47. The monoisotopic (exact) mass is 541 g/mol. The quantitative estimate of drug-likeness (QED) is 0.453. The van der Waals surface area contributed by atoms with Crippen LogP contribution in [0.4, 0.5) is 0 Å². The number of hydrogen-bond donors (Lipinski definition) is 1. The van der Waals surface area contributed by atoms with Crippen molar-refractivity contribution >= 4 is 39.3 Å². The zero-order chi connectivity index (χ0) is 23.7. The Balaban J connectivity index is 2.36. The first-order valence-electron chi connectivity index (χ1n) is 10.0. The van der Waals surface area contributed by atoms with Gasteiger partial charge in [-0.1, -0.05) is 42.5 Å². The number of allylic oxidation sites excluding steroid dienone is 1. The van der Waals surface area contributed by atoms with Crippen LogP contribution in [0.5, 0.6) is 0 Å². The minimum absolute atomic E-state index is 0.0288. The molecule has 0 radical (unpaired) electrons. The van der Waals surface area contributed by atoms with E-state index >= 15 is 0 Å². The van der Waals surface area contributed by atoms with Gasteiger partial charge in [-0.2, -0.15) is 4.72 Å². The molecular formula is C22H25BrNO6PS. The van der Waals surface area contributed by atoms with Crippen LogP contribution in [-0.2, 0) is 28.9 Å². The van der Waals surface area contributed by atoms with Crippen LogP contribution in [0, 0.1) is 0 Å². The third kappa shape index (κ3) is 4.69. The van der Waals surface area contributed by atoms with Gasteiger partial charge in [-0.05, 0) is 61.8 Å². The van der Waals surface area contributed by atoms with Gasteiger partial charge in [-0.25, -0.2) is 8.42 Å². The van der Waals surface area contributed by atoms with Crippen molar-refractivity contribution in [3.8, 4) is 0 Å². The summed E-state index contributed by atoms with van der Waals surface area (Å²) in [5.41, 5.74) is 0.384. The summed E-state index contributed by atoms with van der Waals surface area (Å²) in [6.45, 7) is 6.70. The van der Waals surface area contributed by atoms with Crippen molar-refractivity contribution in [2.24, 2.45) is 0 Å². The number of rotatable bonds is 8. The molecule has 1 N–H and O–H groups in total. The van der Waals surface area contributed by atoms with Gasteiger partial charge in [0.2, 0.25) is 10.0 Å². The van der Waals surface area contributed by atoms with Gasteiger partial charge in [0.25, 0.3) is 0 Å². The topological polar surface area (TPSA) is 98.8 Å². The van der Waals surface area contributed by atoms with Gasteiger partial charge < -0.3 is 9.05 Å². The summed E-state index contributed by atoms with van der Waals surface area (Å²) in [5, 5.41) is -1.99. The van der Waals surface area contributed by atoms with Crippen LogP contribution in [0.3, 0.4) is 0 Å². The molecule has 0 saturated heterocycles. The number of ketones is 1. The van der Waals surface area contributed by atoms with E-state index in [1.165, 1.54) is 18.2 Å². The molecule has 0 fully saturated rings. The van der Waals surface area contributed by atoms with Gasteiger partial charge in [-0.15, -0.1) is 0 Å². The first-order chi connectivity index (χ1) is 14.9. The zero-order valence-electron chi connectivity index (χ0n) is 18.1. The van der Waals surface area contributed by atoms with Crippen LogP contribution >= 0.6 is 23.5 Å². The Hall–Kier alpha value is -1.61. The first kappa shape index (κ1) is 25.0. The molecule has 2 aromatic carbocycles. The molecule has 1 atom stereocenters. The lowest BCUT2D eigenvalue weighted by Crippen LogP contribution is -2.48. The number of carbonyl (C=O) groups is 1. The highest BCUT2D eigenvalue weighted by atomic mass is 79.9. The van der Waals surface area contributed by atoms with E-state index in [9.17, 15) is 17.8 Å². The maximum absolute atomic E-state index is 14.5. The Morgan fingerprint density at radius 2 is 1.47 bits per heavy atom. The Kier molecular flexibility index (Phi) is 7.29. The summed E-state index contributed by atoms with van der Waals surface area (Å²) in [6.07, 6.45) is 0.160. The van der Waals surface area contributed by atoms with E-state index in [0.29, 0.717) is 0 Å². The van der Waals surface area contributed by atoms with Gasteiger partial charge in [0.1, 0.15) is 0 Å². The van der Waals surface area contributed by atoms with Gasteiger partial charge in [0.15, 0.2) is 11.1 Å². The van der Waals surface area contributed by atoms with Crippen molar-refractivity contribution in [1.82, 2.24) is 4.72 Å². The Morgan fingerprint density at radius 3 is 2.03 bits per heavy atom. The Labute approximate surface area is 196 Å². The molecule has 0 heterocycles. The van der Waals surface area contributed by atoms with Crippen molar-refractivity contribution in [2.75, 3.05) is 0 Å². The normalized spacial score (nSPS) is 19.2. The highest BCUT2D eigenvalue weighted by molar-refractivity contribution is 9.12. The third-order valence-electron chi connectivity index (χ3n) is 4.61. The number of carbonyl (C=O) groups excluding carboxylic acids is 1. The molecule has 172 valence electrons. The molecule has 10 heteroatoms. The van der Waals surface area contributed by atoms with Gasteiger partial charge in [0, 0.05) is 11.1 Å². The molecule has 32 heavy (non-hydrogen) atoms. The van der Waals surface area contributed by atoms with E-state index in [0.717, 1.165) is 0 Å². The second-order valence-corrected chi connectivity index (χ2v) is 12.5. The second kappa shape index (κ2) is 9.33. The third-order valence-corrected chi connectivity index (χ3v) is 9.58. The minimum atomic E-state index is -4.30. The molecule has 0 spiro atoms. The molecule has 3 rings (SSSR count). The van der Waals surface area contributed by atoms with Crippen molar-refractivity contribution in [3.63, 3.8) is 0 Å². The van der Waals surface area contributed by atoms with Crippen LogP contribution in [0.2, 0.25) is 0 Å². The van der Waals surface area contributed by atoms with E-state index < -0.39 is 35.1 Å². The summed E-state index contributed by atoms with van der Waals surface area (Å²) in [4.78, 5) is 12.8. The second-order valence-electron chi connectivity index (χ2n) is 7.86. The highest BCUT2D eigenvalue weighted by Crippen LogP contribution is 2.67. The number of nitrogens with one attached hydrogen (secondary N) is 1. The SMILES string of the molecule is CC(C)OP(=O)(OC(C)C)[C@@]1(NS(=O)(=O)c2ccccc2)C=C(Br)C(=O)c2ccccc21. The van der Waals surface area contributed by atoms with Gasteiger partial charge >= 0.3 is 7.60 Å². The van der Waals surface area contributed by atoms with E-state index in [1.807, 2.05) is 0 Å². The predicted molar refractivity (Wildman–Crippen MR) is 126 cm³/mol. The molecule has 0 amide bonds. The van der Waals surface area contributed by atoms with Crippen molar-refractivity contribution in [2.45, 2.75) is 50.1 Å². The maximum Gasteiger partial charge on any atom is 0.360 e. The summed E-state index contributed by atoms with van der Waals surface area (Å²) >= 11 is 3.23. The lowest BCUT2D eigenvalue weighted by atomic mass is 9.92. The summed E-state index contributed by atoms with van der Waals surface area (Å²) in [5.74, 6) is -0.365. The molecule has 0 saturated carbocycles. The van der Waals surface area contributed by atoms with Crippen molar-refractivity contribution in [1.29, 1.82) is 0 Å². The molecular weight excluding hydrogens is 517 g/mol. The molecule has 0 unspecified atom stereocenters. The standard InChI is InChI=1S/C22H25BrNO6PS/c1-15(2)29-31(26,30-16(3)4)22(24-32(27,28)17-10-6-5-7-11-17)14-20(23)21(25)18-12-8-9-13-19(18)22/h5-16,24H,1-4H3/t22-/m0/s1. The summed E-state index contributed by atoms with van der Waals surface area (Å²) < 4.78 is 55.7. The number of fused-ring (bicyclic) bond motifs is 1. The van der Waals surface area contributed by atoms with Crippen LogP contribution in [0.1, 0.15) is 43.6 Å². The van der Waals surface area contributed by atoms with E-state index in [2.05, 4.69) is 20.7 Å². The highest BCUT2D eigenvalue weighted by Gasteiger charge is 2.58. The molecule has 0 aromatic heterocycles. The van der Waals surface area contributed by atoms with E-state index in [4.69, 9.17) is 9.05 Å². The molecule has 2 aromatic rings. The average molecular weight is 542 g/mol. The summed E-state index contributed by atoms with van der Waals surface area (Å²) in [7, 11) is -8.52. The molecule has 0 bridgehead atoms. The predicted octanol–water partition coefficient (Wildman–Crippen LogP) is 5.34. The van der Waals surface area contributed by atoms with E-state index in [-0.39, 0.29) is 26.3 Å². The number of benzene rings is 2. The fraction of sp³-hybridized carbons (Fsp3) is 0.318. The molecule has 1 aliphatic carbocycles. The van der Waals surface area contributed by atoms with Gasteiger partial charge in [-0.3, -0.25) is 9.36 Å².